The summed E-state index contributed by atoms with van der Waals surface area (Å²) in [6, 6.07) is 13.1. The molecule has 0 saturated carbocycles. The summed E-state index contributed by atoms with van der Waals surface area (Å²) in [6.07, 6.45) is 3.19. The quantitative estimate of drug-likeness (QED) is 0.680. The number of amides is 2. The Morgan fingerprint density at radius 2 is 1.87 bits per heavy atom. The maximum Gasteiger partial charge on any atom is 0.337 e. The third-order valence-electron chi connectivity index (χ3n) is 5.40. The first-order chi connectivity index (χ1) is 14.5. The van der Waals surface area contributed by atoms with Gasteiger partial charge in [-0.15, -0.1) is 0 Å². The van der Waals surface area contributed by atoms with Crippen LogP contribution in [-0.4, -0.2) is 50.2 Å². The Hall–Kier alpha value is -2.93. The van der Waals surface area contributed by atoms with E-state index in [-0.39, 0.29) is 11.8 Å². The SMILES string of the molecule is COC(=O)c1cccc(NC(=O)NCCN2CCC(Cc3ccc(F)cc3)CC2)c1. The molecule has 1 heterocycles. The molecular formula is C23H28FN3O3. The van der Waals surface area contributed by atoms with Crippen molar-refractivity contribution in [1.29, 1.82) is 0 Å². The molecule has 0 radical (unpaired) electrons. The van der Waals surface area contributed by atoms with E-state index in [9.17, 15) is 14.0 Å². The minimum atomic E-state index is -0.443. The molecule has 1 fully saturated rings. The molecule has 3 rings (SSSR count). The van der Waals surface area contributed by atoms with Crippen LogP contribution in [0.1, 0.15) is 28.8 Å². The Labute approximate surface area is 176 Å². The number of nitrogens with one attached hydrogen (secondary N) is 2. The van der Waals surface area contributed by atoms with Gasteiger partial charge < -0.3 is 20.3 Å². The topological polar surface area (TPSA) is 70.7 Å². The van der Waals surface area contributed by atoms with E-state index in [1.807, 2.05) is 12.1 Å². The maximum absolute atomic E-state index is 13.0. The molecule has 160 valence electrons. The first-order valence-electron chi connectivity index (χ1n) is 10.2. The van der Waals surface area contributed by atoms with Gasteiger partial charge in [0.25, 0.3) is 0 Å². The van der Waals surface area contributed by atoms with Gasteiger partial charge >= 0.3 is 12.0 Å². The Morgan fingerprint density at radius 1 is 1.13 bits per heavy atom. The molecule has 2 aromatic rings. The molecule has 6 nitrogen and oxygen atoms in total. The normalized spacial score (nSPS) is 14.9. The Balaban J connectivity index is 1.34. The highest BCUT2D eigenvalue weighted by Crippen LogP contribution is 2.21. The molecule has 1 aliphatic heterocycles. The number of anilines is 1. The Morgan fingerprint density at radius 3 is 2.57 bits per heavy atom. The fourth-order valence-electron chi connectivity index (χ4n) is 3.71. The van der Waals surface area contributed by atoms with E-state index in [0.29, 0.717) is 23.7 Å². The van der Waals surface area contributed by atoms with Crippen LogP contribution >= 0.6 is 0 Å². The number of ether oxygens (including phenoxy) is 1. The number of esters is 1. The van der Waals surface area contributed by atoms with E-state index in [1.54, 1.807) is 24.3 Å². The van der Waals surface area contributed by atoms with Gasteiger partial charge in [0.15, 0.2) is 0 Å². The number of carbonyl (C=O) groups excluding carboxylic acids is 2. The molecule has 2 N–H and O–H groups in total. The molecule has 7 heteroatoms. The van der Waals surface area contributed by atoms with Crippen molar-refractivity contribution in [2.24, 2.45) is 5.92 Å². The summed E-state index contributed by atoms with van der Waals surface area (Å²) in [4.78, 5) is 26.0. The lowest BCUT2D eigenvalue weighted by Crippen LogP contribution is -2.40. The monoisotopic (exact) mass is 413 g/mol. The maximum atomic E-state index is 13.0. The van der Waals surface area contributed by atoms with Crippen molar-refractivity contribution >= 4 is 17.7 Å². The van der Waals surface area contributed by atoms with Crippen LogP contribution in [0.25, 0.3) is 0 Å². The number of hydrogen-bond acceptors (Lipinski definition) is 4. The second-order valence-corrected chi connectivity index (χ2v) is 7.57. The molecule has 2 amide bonds. The van der Waals surface area contributed by atoms with Crippen molar-refractivity contribution in [3.05, 3.63) is 65.5 Å². The lowest BCUT2D eigenvalue weighted by atomic mass is 9.90. The van der Waals surface area contributed by atoms with Crippen molar-refractivity contribution in [2.45, 2.75) is 19.3 Å². The lowest BCUT2D eigenvalue weighted by molar-refractivity contribution is 0.0600. The van der Waals surface area contributed by atoms with E-state index in [2.05, 4.69) is 20.3 Å². The zero-order valence-corrected chi connectivity index (χ0v) is 17.2. The van der Waals surface area contributed by atoms with Crippen molar-refractivity contribution < 1.29 is 18.7 Å². The second kappa shape index (κ2) is 10.7. The van der Waals surface area contributed by atoms with E-state index in [1.165, 1.54) is 24.8 Å². The molecule has 0 atom stereocenters. The Bertz CT molecular complexity index is 849. The molecule has 0 spiro atoms. The Kier molecular flexibility index (Phi) is 7.79. The largest absolute Gasteiger partial charge is 0.465 e. The average Bonchev–Trinajstić information content (AvgIpc) is 2.76. The number of halogens is 1. The van der Waals surface area contributed by atoms with Gasteiger partial charge in [-0.25, -0.2) is 14.0 Å². The molecule has 1 aliphatic rings. The standard InChI is InChI=1S/C23H28FN3O3/c1-30-22(28)19-3-2-4-21(16-19)26-23(29)25-11-14-27-12-9-18(10-13-27)15-17-5-7-20(24)8-6-17/h2-8,16,18H,9-15H2,1H3,(H2,25,26,29). The number of methoxy groups -OCH3 is 1. The van der Waals surface area contributed by atoms with Crippen molar-refractivity contribution in [3.63, 3.8) is 0 Å². The first kappa shape index (κ1) is 21.8. The van der Waals surface area contributed by atoms with Crippen LogP contribution in [0, 0.1) is 11.7 Å². The van der Waals surface area contributed by atoms with Crippen molar-refractivity contribution in [2.75, 3.05) is 38.6 Å². The summed E-state index contributed by atoms with van der Waals surface area (Å²) in [5.74, 6) is -0.0202. The predicted octanol–water partition coefficient (Wildman–Crippen LogP) is 3.69. The summed E-state index contributed by atoms with van der Waals surface area (Å²) < 4.78 is 17.7. The highest BCUT2D eigenvalue weighted by molar-refractivity contribution is 5.93. The van der Waals surface area contributed by atoms with Crippen LogP contribution in [0.5, 0.6) is 0 Å². The molecule has 2 aromatic carbocycles. The van der Waals surface area contributed by atoms with Crippen LogP contribution in [0.15, 0.2) is 48.5 Å². The molecule has 1 saturated heterocycles. The van der Waals surface area contributed by atoms with Crippen molar-refractivity contribution in [3.8, 4) is 0 Å². The third kappa shape index (κ3) is 6.56. The third-order valence-corrected chi connectivity index (χ3v) is 5.40. The zero-order valence-electron chi connectivity index (χ0n) is 17.2. The molecule has 0 unspecified atom stereocenters. The van der Waals surface area contributed by atoms with E-state index in [4.69, 9.17) is 0 Å². The smallest absolute Gasteiger partial charge is 0.337 e. The minimum Gasteiger partial charge on any atom is -0.465 e. The van der Waals surface area contributed by atoms with Gasteiger partial charge in [0.05, 0.1) is 12.7 Å². The van der Waals surface area contributed by atoms with Crippen LogP contribution in [-0.2, 0) is 11.2 Å². The van der Waals surface area contributed by atoms with Gasteiger partial charge in [0.1, 0.15) is 5.82 Å². The number of carbonyl (C=O) groups is 2. The predicted molar refractivity (Wildman–Crippen MR) is 114 cm³/mol. The molecule has 30 heavy (non-hydrogen) atoms. The second-order valence-electron chi connectivity index (χ2n) is 7.57. The molecule has 0 aromatic heterocycles. The number of benzene rings is 2. The van der Waals surface area contributed by atoms with Gasteiger partial charge in [-0.3, -0.25) is 0 Å². The van der Waals surface area contributed by atoms with Gasteiger partial charge in [-0.1, -0.05) is 18.2 Å². The number of piperidine rings is 1. The van der Waals surface area contributed by atoms with Gasteiger partial charge in [0.2, 0.25) is 0 Å². The minimum absolute atomic E-state index is 0.193. The zero-order chi connectivity index (χ0) is 21.3. The van der Waals surface area contributed by atoms with Crippen LogP contribution in [0.2, 0.25) is 0 Å². The summed E-state index contributed by atoms with van der Waals surface area (Å²) in [5, 5.41) is 5.59. The van der Waals surface area contributed by atoms with Crippen LogP contribution < -0.4 is 10.6 Å². The summed E-state index contributed by atoms with van der Waals surface area (Å²) in [5.41, 5.74) is 2.11. The highest BCUT2D eigenvalue weighted by atomic mass is 19.1. The lowest BCUT2D eigenvalue weighted by Gasteiger charge is -2.32. The van der Waals surface area contributed by atoms with E-state index < -0.39 is 5.97 Å². The summed E-state index contributed by atoms with van der Waals surface area (Å²) >= 11 is 0. The molecule has 0 aliphatic carbocycles. The first-order valence-corrected chi connectivity index (χ1v) is 10.2. The number of urea groups is 1. The van der Waals surface area contributed by atoms with E-state index in [0.717, 1.165) is 38.9 Å². The van der Waals surface area contributed by atoms with E-state index >= 15 is 0 Å². The summed E-state index contributed by atoms with van der Waals surface area (Å²) in [7, 11) is 1.32. The van der Waals surface area contributed by atoms with Gasteiger partial charge in [0, 0.05) is 18.8 Å². The number of nitrogens with zero attached hydrogens (tertiary/aromatic N) is 1. The molecule has 0 bridgehead atoms. The average molecular weight is 413 g/mol. The fraction of sp³-hybridized carbons (Fsp3) is 0.391. The van der Waals surface area contributed by atoms with Crippen LogP contribution in [0.3, 0.4) is 0 Å². The van der Waals surface area contributed by atoms with Gasteiger partial charge in [-0.05, 0) is 74.2 Å². The van der Waals surface area contributed by atoms with Crippen LogP contribution in [0.4, 0.5) is 14.9 Å². The number of likely N-dealkylation sites (tertiary alicyclic amines) is 1. The number of hydrogen-bond donors (Lipinski definition) is 2. The summed E-state index contributed by atoms with van der Waals surface area (Å²) in [6.45, 7) is 3.33. The van der Waals surface area contributed by atoms with Gasteiger partial charge in [-0.2, -0.15) is 0 Å². The molecular weight excluding hydrogens is 385 g/mol. The highest BCUT2D eigenvalue weighted by Gasteiger charge is 2.19. The van der Waals surface area contributed by atoms with Crippen molar-refractivity contribution in [1.82, 2.24) is 10.2 Å². The number of rotatable bonds is 7. The fourth-order valence-corrected chi connectivity index (χ4v) is 3.71.